The second kappa shape index (κ2) is 11.2. The van der Waals surface area contributed by atoms with Crippen LogP contribution in [0.1, 0.15) is 44.0 Å². The second-order valence-electron chi connectivity index (χ2n) is 7.85. The SMILES string of the molecule is COc1ccc2c(OC(=O)c3ccccc3)c(OC/C=C(\C)CCC=C(C)C)c(=O)oc2c1. The molecule has 0 aliphatic rings. The first-order valence-electron chi connectivity index (χ1n) is 10.7. The number of benzene rings is 2. The Hall–Kier alpha value is -3.80. The maximum absolute atomic E-state index is 12.7. The highest BCUT2D eigenvalue weighted by atomic mass is 16.6. The predicted molar refractivity (Wildman–Crippen MR) is 128 cm³/mol. The van der Waals surface area contributed by atoms with Crippen LogP contribution in [0.5, 0.6) is 17.2 Å². The number of esters is 1. The Bertz CT molecular complexity index is 1230. The quantitative estimate of drug-likeness (QED) is 0.224. The molecule has 0 saturated carbocycles. The first kappa shape index (κ1) is 23.9. The number of carbonyl (C=O) groups is 1. The summed E-state index contributed by atoms with van der Waals surface area (Å²) in [6, 6.07) is 13.5. The van der Waals surface area contributed by atoms with E-state index in [-0.39, 0.29) is 23.7 Å². The van der Waals surface area contributed by atoms with E-state index in [0.717, 1.165) is 18.4 Å². The maximum atomic E-state index is 12.7. The molecular weight excluding hydrogens is 420 g/mol. The summed E-state index contributed by atoms with van der Waals surface area (Å²) in [4.78, 5) is 25.5. The largest absolute Gasteiger partial charge is 0.497 e. The van der Waals surface area contributed by atoms with Gasteiger partial charge in [-0.15, -0.1) is 0 Å². The van der Waals surface area contributed by atoms with Gasteiger partial charge in [0.25, 0.3) is 0 Å². The van der Waals surface area contributed by atoms with Gasteiger partial charge in [0.15, 0.2) is 5.75 Å². The third-order valence-electron chi connectivity index (χ3n) is 4.98. The summed E-state index contributed by atoms with van der Waals surface area (Å²) in [6.45, 7) is 6.28. The molecular formula is C27H28O6. The van der Waals surface area contributed by atoms with Crippen molar-refractivity contribution in [3.05, 3.63) is 87.8 Å². The molecule has 0 bridgehead atoms. The lowest BCUT2D eigenvalue weighted by molar-refractivity contribution is 0.0730. The van der Waals surface area contributed by atoms with Crippen LogP contribution in [-0.2, 0) is 0 Å². The Labute approximate surface area is 193 Å². The molecule has 0 N–H and O–H groups in total. The molecule has 0 amide bonds. The predicted octanol–water partition coefficient (Wildman–Crippen LogP) is 6.09. The summed E-state index contributed by atoms with van der Waals surface area (Å²) in [6.07, 6.45) is 5.89. The van der Waals surface area contributed by atoms with Crippen molar-refractivity contribution in [2.24, 2.45) is 0 Å². The van der Waals surface area contributed by atoms with Crippen LogP contribution in [0, 0.1) is 0 Å². The standard InChI is InChI=1S/C27H28O6/c1-18(2)9-8-10-19(3)15-16-31-25-24(33-26(28)20-11-6-5-7-12-20)22-14-13-21(30-4)17-23(22)32-27(25)29/h5-7,9,11-15,17H,8,10,16H2,1-4H3/b19-15+. The summed E-state index contributed by atoms with van der Waals surface area (Å²) < 4.78 is 22.1. The zero-order valence-electron chi connectivity index (χ0n) is 19.3. The minimum atomic E-state index is -0.734. The van der Waals surface area contributed by atoms with E-state index in [4.69, 9.17) is 18.6 Å². The Morgan fingerprint density at radius 2 is 1.76 bits per heavy atom. The van der Waals surface area contributed by atoms with Gasteiger partial charge < -0.3 is 18.6 Å². The van der Waals surface area contributed by atoms with Crippen molar-refractivity contribution in [2.45, 2.75) is 33.6 Å². The molecule has 2 aromatic carbocycles. The lowest BCUT2D eigenvalue weighted by Gasteiger charge is -2.13. The summed E-state index contributed by atoms with van der Waals surface area (Å²) in [7, 11) is 1.51. The maximum Gasteiger partial charge on any atom is 0.383 e. The van der Waals surface area contributed by atoms with Crippen molar-refractivity contribution in [1.29, 1.82) is 0 Å². The zero-order chi connectivity index (χ0) is 23.8. The fourth-order valence-corrected chi connectivity index (χ4v) is 3.17. The van der Waals surface area contributed by atoms with Crippen LogP contribution in [-0.4, -0.2) is 19.7 Å². The minimum Gasteiger partial charge on any atom is -0.497 e. The molecule has 0 aliphatic carbocycles. The van der Waals surface area contributed by atoms with Gasteiger partial charge in [0, 0.05) is 6.07 Å². The molecule has 0 unspecified atom stereocenters. The summed E-state index contributed by atoms with van der Waals surface area (Å²) in [5.74, 6) is -0.218. The van der Waals surface area contributed by atoms with E-state index in [2.05, 4.69) is 19.9 Å². The van der Waals surface area contributed by atoms with Gasteiger partial charge in [-0.25, -0.2) is 9.59 Å². The lowest BCUT2D eigenvalue weighted by atomic mass is 10.1. The fourth-order valence-electron chi connectivity index (χ4n) is 3.17. The van der Waals surface area contributed by atoms with Gasteiger partial charge in [0.1, 0.15) is 17.9 Å². The third kappa shape index (κ3) is 6.35. The highest BCUT2D eigenvalue weighted by molar-refractivity contribution is 5.95. The van der Waals surface area contributed by atoms with E-state index < -0.39 is 11.6 Å². The highest BCUT2D eigenvalue weighted by Crippen LogP contribution is 2.35. The van der Waals surface area contributed by atoms with Crippen molar-refractivity contribution in [3.63, 3.8) is 0 Å². The molecule has 0 fully saturated rings. The van der Waals surface area contributed by atoms with Gasteiger partial charge in [-0.1, -0.05) is 35.4 Å². The van der Waals surface area contributed by atoms with Crippen LogP contribution in [0.15, 0.2) is 81.0 Å². The number of ether oxygens (including phenoxy) is 3. The van der Waals surface area contributed by atoms with Crippen molar-refractivity contribution in [2.75, 3.05) is 13.7 Å². The number of carbonyl (C=O) groups excluding carboxylic acids is 1. The topological polar surface area (TPSA) is 75.0 Å². The highest BCUT2D eigenvalue weighted by Gasteiger charge is 2.21. The molecule has 0 atom stereocenters. The van der Waals surface area contributed by atoms with Crippen molar-refractivity contribution < 1.29 is 23.4 Å². The van der Waals surface area contributed by atoms with Crippen LogP contribution in [0.25, 0.3) is 11.0 Å². The first-order valence-corrected chi connectivity index (χ1v) is 10.7. The van der Waals surface area contributed by atoms with Gasteiger partial charge in [-0.3, -0.25) is 0 Å². The van der Waals surface area contributed by atoms with Crippen molar-refractivity contribution >= 4 is 16.9 Å². The van der Waals surface area contributed by atoms with Gasteiger partial charge in [-0.2, -0.15) is 0 Å². The van der Waals surface area contributed by atoms with Crippen LogP contribution in [0.3, 0.4) is 0 Å². The van der Waals surface area contributed by atoms with Gasteiger partial charge in [0.05, 0.1) is 18.1 Å². The average molecular weight is 449 g/mol. The molecule has 0 saturated heterocycles. The molecule has 6 heteroatoms. The molecule has 1 aromatic heterocycles. The van der Waals surface area contributed by atoms with Crippen LogP contribution in [0.2, 0.25) is 0 Å². The Kier molecular flexibility index (Phi) is 8.08. The number of hydrogen-bond acceptors (Lipinski definition) is 6. The number of methoxy groups -OCH3 is 1. The van der Waals surface area contributed by atoms with Gasteiger partial charge in [0.2, 0.25) is 5.75 Å². The monoisotopic (exact) mass is 448 g/mol. The average Bonchev–Trinajstić information content (AvgIpc) is 2.80. The Morgan fingerprint density at radius 1 is 1.00 bits per heavy atom. The minimum absolute atomic E-state index is 0.0216. The smallest absolute Gasteiger partial charge is 0.383 e. The van der Waals surface area contributed by atoms with E-state index in [0.29, 0.717) is 16.7 Å². The molecule has 33 heavy (non-hydrogen) atoms. The summed E-state index contributed by atoms with van der Waals surface area (Å²) >= 11 is 0. The molecule has 0 spiro atoms. The Balaban J connectivity index is 1.93. The van der Waals surface area contributed by atoms with Crippen molar-refractivity contribution in [1.82, 2.24) is 0 Å². The van der Waals surface area contributed by atoms with Crippen LogP contribution in [0.4, 0.5) is 0 Å². The summed E-state index contributed by atoms with van der Waals surface area (Å²) in [5.41, 5.74) is 2.26. The van der Waals surface area contributed by atoms with E-state index in [1.807, 2.05) is 13.0 Å². The molecule has 1 heterocycles. The molecule has 3 aromatic rings. The normalized spacial score (nSPS) is 11.2. The molecule has 0 radical (unpaired) electrons. The first-order chi connectivity index (χ1) is 15.9. The van der Waals surface area contributed by atoms with E-state index >= 15 is 0 Å². The molecule has 172 valence electrons. The fraction of sp³-hybridized carbons (Fsp3) is 0.259. The van der Waals surface area contributed by atoms with Gasteiger partial charge in [-0.05, 0) is 64.0 Å². The Morgan fingerprint density at radius 3 is 2.45 bits per heavy atom. The number of rotatable bonds is 9. The van der Waals surface area contributed by atoms with Gasteiger partial charge >= 0.3 is 11.6 Å². The number of fused-ring (bicyclic) bond motifs is 1. The van der Waals surface area contributed by atoms with Crippen LogP contribution >= 0.6 is 0 Å². The second-order valence-corrected chi connectivity index (χ2v) is 7.85. The zero-order valence-corrected chi connectivity index (χ0v) is 19.3. The molecule has 0 aliphatic heterocycles. The van der Waals surface area contributed by atoms with Crippen LogP contribution < -0.4 is 19.8 Å². The summed E-state index contributed by atoms with van der Waals surface area (Å²) in [5, 5.41) is 0.430. The van der Waals surface area contributed by atoms with E-state index in [1.54, 1.807) is 48.5 Å². The lowest BCUT2D eigenvalue weighted by Crippen LogP contribution is -2.14. The van der Waals surface area contributed by atoms with E-state index in [9.17, 15) is 9.59 Å². The number of hydrogen-bond donors (Lipinski definition) is 0. The molecule has 6 nitrogen and oxygen atoms in total. The van der Waals surface area contributed by atoms with Crippen molar-refractivity contribution in [3.8, 4) is 17.2 Å². The van der Waals surface area contributed by atoms with E-state index in [1.165, 1.54) is 12.7 Å². The number of allylic oxidation sites excluding steroid dienone is 3. The molecule has 3 rings (SSSR count). The third-order valence-corrected chi connectivity index (χ3v) is 4.98.